The zero-order valence-corrected chi connectivity index (χ0v) is 18.6. The second-order valence-corrected chi connectivity index (χ2v) is 8.00. The maximum Gasteiger partial charge on any atom is 0.278 e. The van der Waals surface area contributed by atoms with Gasteiger partial charge in [-0.1, -0.05) is 46.6 Å². The molecule has 31 heavy (non-hydrogen) atoms. The lowest BCUT2D eigenvalue weighted by molar-refractivity contribution is 0.101. The molecule has 160 valence electrons. The molecule has 0 saturated heterocycles. The normalized spacial score (nSPS) is 11.1. The number of nitrogens with one attached hydrogen (secondary N) is 1. The third kappa shape index (κ3) is 4.39. The topological polar surface area (TPSA) is 90.8 Å². The maximum absolute atomic E-state index is 13.0. The van der Waals surface area contributed by atoms with Crippen LogP contribution in [0.4, 0.5) is 5.69 Å². The number of anilines is 1. The molecule has 0 bridgehead atoms. The van der Waals surface area contributed by atoms with E-state index in [-0.39, 0.29) is 11.6 Å². The molecule has 3 heterocycles. The van der Waals surface area contributed by atoms with E-state index >= 15 is 0 Å². The summed E-state index contributed by atoms with van der Waals surface area (Å²) in [5.41, 5.74) is 5.49. The molecule has 0 aliphatic heterocycles. The van der Waals surface area contributed by atoms with Gasteiger partial charge in [0.2, 0.25) is 0 Å². The molecule has 0 radical (unpaired) electrons. The second-order valence-electron chi connectivity index (χ2n) is 7.57. The molecular weight excluding hydrogens is 416 g/mol. The summed E-state index contributed by atoms with van der Waals surface area (Å²) in [4.78, 5) is 13.0. The zero-order valence-electron chi connectivity index (χ0n) is 17.8. The lowest BCUT2D eigenvalue weighted by atomic mass is 10.1. The summed E-state index contributed by atoms with van der Waals surface area (Å²) in [6, 6.07) is 8.31. The van der Waals surface area contributed by atoms with E-state index in [1.807, 2.05) is 18.5 Å². The van der Waals surface area contributed by atoms with Gasteiger partial charge in [0, 0.05) is 11.8 Å². The smallest absolute Gasteiger partial charge is 0.278 e. The van der Waals surface area contributed by atoms with Gasteiger partial charge < -0.3 is 9.84 Å². The average molecular weight is 439 g/mol. The van der Waals surface area contributed by atoms with E-state index in [9.17, 15) is 4.79 Å². The molecule has 4 aromatic rings. The van der Waals surface area contributed by atoms with E-state index < -0.39 is 0 Å². The molecule has 0 aliphatic rings. The predicted molar refractivity (Wildman–Crippen MR) is 118 cm³/mol. The number of carbonyl (C=O) groups is 1. The number of aromatic nitrogens is 5. The monoisotopic (exact) mass is 438 g/mol. The van der Waals surface area contributed by atoms with Crippen LogP contribution in [0.25, 0.3) is 0 Å². The fraction of sp³-hybridized carbons (Fsp3) is 0.273. The van der Waals surface area contributed by atoms with Crippen LogP contribution in [0, 0.1) is 27.7 Å². The molecule has 0 fully saturated rings. The summed E-state index contributed by atoms with van der Waals surface area (Å²) in [5.74, 6) is 0.200. The van der Waals surface area contributed by atoms with E-state index in [2.05, 4.69) is 51.9 Å². The van der Waals surface area contributed by atoms with Crippen LogP contribution in [-0.2, 0) is 13.1 Å². The molecule has 1 aromatic carbocycles. The van der Waals surface area contributed by atoms with Gasteiger partial charge >= 0.3 is 0 Å². The van der Waals surface area contributed by atoms with Crippen molar-refractivity contribution in [3.63, 3.8) is 0 Å². The zero-order chi connectivity index (χ0) is 22.1. The Labute approximate surface area is 184 Å². The van der Waals surface area contributed by atoms with Gasteiger partial charge in [-0.15, -0.1) is 0 Å². The summed E-state index contributed by atoms with van der Waals surface area (Å²) in [7, 11) is 0. The highest BCUT2D eigenvalue weighted by Gasteiger charge is 2.23. The molecule has 8 nitrogen and oxygen atoms in total. The van der Waals surface area contributed by atoms with Gasteiger partial charge in [-0.25, -0.2) is 0 Å². The molecule has 0 unspecified atom stereocenters. The first-order chi connectivity index (χ1) is 14.8. The summed E-state index contributed by atoms with van der Waals surface area (Å²) < 4.78 is 8.80. The molecule has 0 aliphatic carbocycles. The molecular formula is C22H23ClN6O2. The minimum absolute atomic E-state index is 0.217. The first kappa shape index (κ1) is 20.9. The van der Waals surface area contributed by atoms with E-state index in [1.54, 1.807) is 24.0 Å². The Morgan fingerprint density at radius 1 is 1.13 bits per heavy atom. The Morgan fingerprint density at radius 3 is 2.55 bits per heavy atom. The number of amides is 1. The summed E-state index contributed by atoms with van der Waals surface area (Å²) in [5, 5.41) is 16.2. The minimum atomic E-state index is -0.355. The quantitative estimate of drug-likeness (QED) is 0.484. The van der Waals surface area contributed by atoms with Crippen molar-refractivity contribution >= 4 is 23.2 Å². The van der Waals surface area contributed by atoms with Crippen LogP contribution in [0.15, 0.2) is 41.2 Å². The van der Waals surface area contributed by atoms with Crippen LogP contribution in [-0.4, -0.2) is 30.6 Å². The number of carbonyl (C=O) groups excluding carboxylic acids is 1. The van der Waals surface area contributed by atoms with Gasteiger partial charge in [-0.2, -0.15) is 10.2 Å². The largest absolute Gasteiger partial charge is 0.361 e. The molecule has 3 aromatic heterocycles. The summed E-state index contributed by atoms with van der Waals surface area (Å²) in [6.07, 6.45) is 3.22. The standard InChI is InChI=1S/C22H23ClN6O2/c1-13-5-7-17(8-6-13)10-29-15(3)20(14(2)26-29)25-22(30)21-19(16(4)31-27-21)12-28-11-18(23)9-24-28/h5-9,11H,10,12H2,1-4H3,(H,25,30). The fourth-order valence-corrected chi connectivity index (χ4v) is 3.57. The Bertz CT molecular complexity index is 1240. The van der Waals surface area contributed by atoms with Crippen LogP contribution in [0.5, 0.6) is 0 Å². The van der Waals surface area contributed by atoms with Crippen molar-refractivity contribution in [1.29, 1.82) is 0 Å². The van der Waals surface area contributed by atoms with Crippen LogP contribution < -0.4 is 5.32 Å². The third-order valence-corrected chi connectivity index (χ3v) is 5.39. The van der Waals surface area contributed by atoms with Crippen molar-refractivity contribution in [1.82, 2.24) is 24.7 Å². The number of aryl methyl sites for hydroxylation is 3. The Balaban J connectivity index is 1.55. The predicted octanol–water partition coefficient (Wildman–Crippen LogP) is 4.30. The molecule has 0 spiro atoms. The SMILES string of the molecule is Cc1ccc(Cn2nc(C)c(NC(=O)c3noc(C)c3Cn3cc(Cl)cn3)c2C)cc1. The molecule has 1 N–H and O–H groups in total. The van der Waals surface area contributed by atoms with Crippen LogP contribution in [0.2, 0.25) is 5.02 Å². The van der Waals surface area contributed by atoms with E-state index in [1.165, 1.54) is 5.56 Å². The number of hydrogen-bond acceptors (Lipinski definition) is 5. The van der Waals surface area contributed by atoms with E-state index in [0.29, 0.717) is 35.1 Å². The summed E-state index contributed by atoms with van der Waals surface area (Å²) in [6.45, 7) is 8.58. The van der Waals surface area contributed by atoms with Crippen molar-refractivity contribution < 1.29 is 9.32 Å². The Hall–Kier alpha value is -3.39. The first-order valence-corrected chi connectivity index (χ1v) is 10.2. The van der Waals surface area contributed by atoms with Crippen molar-refractivity contribution in [3.8, 4) is 0 Å². The van der Waals surface area contributed by atoms with Gasteiger partial charge in [-0.3, -0.25) is 14.2 Å². The molecule has 0 saturated carbocycles. The van der Waals surface area contributed by atoms with Gasteiger partial charge in [-0.05, 0) is 33.3 Å². The second kappa shape index (κ2) is 8.39. The highest BCUT2D eigenvalue weighted by Crippen LogP contribution is 2.23. The number of benzene rings is 1. The van der Waals surface area contributed by atoms with E-state index in [4.69, 9.17) is 16.1 Å². The number of halogens is 1. The molecule has 0 atom stereocenters. The van der Waals surface area contributed by atoms with Crippen LogP contribution >= 0.6 is 11.6 Å². The van der Waals surface area contributed by atoms with Gasteiger partial charge in [0.1, 0.15) is 5.76 Å². The maximum atomic E-state index is 13.0. The molecule has 4 rings (SSSR count). The highest BCUT2D eigenvalue weighted by atomic mass is 35.5. The number of rotatable bonds is 6. The van der Waals surface area contributed by atoms with E-state index in [0.717, 1.165) is 17.0 Å². The van der Waals surface area contributed by atoms with Crippen molar-refractivity contribution in [3.05, 3.63) is 81.2 Å². The molecule has 9 heteroatoms. The highest BCUT2D eigenvalue weighted by molar-refractivity contribution is 6.30. The Kier molecular flexibility index (Phi) is 5.65. The molecule has 1 amide bonds. The number of nitrogens with zero attached hydrogens (tertiary/aromatic N) is 5. The lowest BCUT2D eigenvalue weighted by Crippen LogP contribution is -2.17. The Morgan fingerprint density at radius 2 is 1.87 bits per heavy atom. The van der Waals surface area contributed by atoms with Gasteiger partial charge in [0.25, 0.3) is 5.91 Å². The van der Waals surface area contributed by atoms with Crippen molar-refractivity contribution in [2.45, 2.75) is 40.8 Å². The van der Waals surface area contributed by atoms with Crippen LogP contribution in [0.1, 0.15) is 44.3 Å². The minimum Gasteiger partial charge on any atom is -0.361 e. The average Bonchev–Trinajstić information content (AvgIpc) is 3.38. The number of hydrogen-bond donors (Lipinski definition) is 1. The fourth-order valence-electron chi connectivity index (χ4n) is 3.41. The van der Waals surface area contributed by atoms with Crippen molar-refractivity contribution in [2.24, 2.45) is 0 Å². The summed E-state index contributed by atoms with van der Waals surface area (Å²) >= 11 is 5.94. The van der Waals surface area contributed by atoms with Crippen LogP contribution in [0.3, 0.4) is 0 Å². The first-order valence-electron chi connectivity index (χ1n) is 9.86. The third-order valence-electron chi connectivity index (χ3n) is 5.19. The van der Waals surface area contributed by atoms with Crippen molar-refractivity contribution in [2.75, 3.05) is 5.32 Å². The lowest BCUT2D eigenvalue weighted by Gasteiger charge is -2.08. The van der Waals surface area contributed by atoms with Gasteiger partial charge in [0.05, 0.1) is 41.4 Å². The van der Waals surface area contributed by atoms with Gasteiger partial charge in [0.15, 0.2) is 5.69 Å².